The minimum atomic E-state index is -0.669. The Morgan fingerprint density at radius 3 is 2.34 bits per heavy atom. The predicted molar refractivity (Wildman–Crippen MR) is 236 cm³/mol. The van der Waals surface area contributed by atoms with Crippen molar-refractivity contribution in [2.45, 2.75) is 97.9 Å². The molecule has 15 heteroatoms. The Hall–Kier alpha value is -5.02. The lowest BCUT2D eigenvalue weighted by Crippen LogP contribution is -2.46. The number of aliphatic hydroxyl groups excluding tert-OH is 1. The number of carbonyl (C=O) groups is 5. The molecule has 3 heterocycles. The highest BCUT2D eigenvalue weighted by molar-refractivity contribution is 8.00. The van der Waals surface area contributed by atoms with E-state index >= 15 is 4.39 Å². The zero-order chi connectivity index (χ0) is 45.2. The van der Waals surface area contributed by atoms with Crippen molar-refractivity contribution in [3.05, 3.63) is 95.8 Å². The number of aromatic nitrogens is 1. The number of ether oxygens (including phenoxy) is 1. The van der Waals surface area contributed by atoms with Gasteiger partial charge < -0.3 is 29.5 Å². The third-order valence-corrected chi connectivity index (χ3v) is 11.9. The number of halogens is 2. The Bertz CT molecular complexity index is 2060. The lowest BCUT2D eigenvalue weighted by molar-refractivity contribution is -0.137. The first-order valence-corrected chi connectivity index (χ1v) is 22.5. The van der Waals surface area contributed by atoms with E-state index in [-0.39, 0.29) is 66.2 Å². The van der Waals surface area contributed by atoms with Crippen LogP contribution < -0.4 is 5.32 Å². The van der Waals surface area contributed by atoms with Gasteiger partial charge in [0, 0.05) is 80.1 Å². The van der Waals surface area contributed by atoms with Gasteiger partial charge in [0.25, 0.3) is 11.8 Å². The molecule has 2 aliphatic rings. The predicted octanol–water partition coefficient (Wildman–Crippen LogP) is 7.35. The summed E-state index contributed by atoms with van der Waals surface area (Å²) in [7, 11) is 0. The molecule has 3 aromatic rings. The van der Waals surface area contributed by atoms with E-state index in [1.54, 1.807) is 11.1 Å². The zero-order valence-electron chi connectivity index (χ0n) is 36.7. The van der Waals surface area contributed by atoms with Crippen molar-refractivity contribution >= 4 is 41.5 Å². The first-order chi connectivity index (χ1) is 29.3. The van der Waals surface area contributed by atoms with Crippen LogP contribution in [0.4, 0.5) is 13.6 Å². The first kappa shape index (κ1) is 48.0. The molecule has 1 aromatic heterocycles. The summed E-state index contributed by atoms with van der Waals surface area (Å²) in [6, 6.07) is 13.8. The Balaban J connectivity index is 1.35. The molecule has 0 aliphatic carbocycles. The fraction of sp³-hybridized carbons (Fsp3) is 0.511. The van der Waals surface area contributed by atoms with Crippen LogP contribution in [0.1, 0.15) is 90.9 Å². The smallest absolute Gasteiger partial charge is 0.410 e. The highest BCUT2D eigenvalue weighted by Gasteiger charge is 2.40. The first-order valence-electron chi connectivity index (χ1n) is 21.3. The molecule has 62 heavy (non-hydrogen) atoms. The van der Waals surface area contributed by atoms with Crippen LogP contribution in [0.2, 0.25) is 0 Å². The summed E-state index contributed by atoms with van der Waals surface area (Å²) < 4.78 is 37.6. The van der Waals surface area contributed by atoms with Gasteiger partial charge in [-0.1, -0.05) is 57.5 Å². The molecule has 0 saturated carbocycles. The molecular formula is C47H61F2N5O7S. The average molecular weight is 878 g/mol. The molecule has 1 saturated heterocycles. The van der Waals surface area contributed by atoms with E-state index in [2.05, 4.69) is 5.32 Å². The Morgan fingerprint density at radius 2 is 1.68 bits per heavy atom. The van der Waals surface area contributed by atoms with Crippen LogP contribution in [-0.2, 0) is 30.5 Å². The van der Waals surface area contributed by atoms with Crippen molar-refractivity contribution < 1.29 is 42.6 Å². The van der Waals surface area contributed by atoms with Crippen molar-refractivity contribution in [1.29, 1.82) is 0 Å². The van der Waals surface area contributed by atoms with Crippen molar-refractivity contribution in [2.24, 2.45) is 11.3 Å². The normalized spacial score (nSPS) is 16.5. The van der Waals surface area contributed by atoms with Gasteiger partial charge in [0.05, 0.1) is 24.4 Å². The molecule has 2 N–H and O–H groups in total. The summed E-state index contributed by atoms with van der Waals surface area (Å²) >= 11 is 1.29. The molecule has 2 aliphatic heterocycles. The van der Waals surface area contributed by atoms with Crippen LogP contribution in [0, 0.1) is 23.0 Å². The van der Waals surface area contributed by atoms with E-state index in [9.17, 15) is 33.5 Å². The SMILES string of the molecule is CC(C)(C)OC(=O)N1CCC(CN(C(=O)CSC[C@@H](CO)NC(=O)CCCCCN2C(=O)C=CC2=O)[C@@H](c2cc(-c3cc(F)ccc3F)cn2Cc2ccccc2)C(C)(C)C)C1. The summed E-state index contributed by atoms with van der Waals surface area (Å²) in [5, 5.41) is 13.1. The van der Waals surface area contributed by atoms with E-state index in [0.29, 0.717) is 57.4 Å². The lowest BCUT2D eigenvalue weighted by Gasteiger charge is -2.42. The highest BCUT2D eigenvalue weighted by Crippen LogP contribution is 2.42. The molecule has 0 radical (unpaired) electrons. The monoisotopic (exact) mass is 877 g/mol. The van der Waals surface area contributed by atoms with Crippen LogP contribution in [0.15, 0.2) is 72.9 Å². The van der Waals surface area contributed by atoms with E-state index < -0.39 is 40.8 Å². The third kappa shape index (κ3) is 13.5. The Kier molecular flexibility index (Phi) is 16.6. The number of hydrogen-bond donors (Lipinski definition) is 2. The van der Waals surface area contributed by atoms with E-state index in [1.807, 2.05) is 87.4 Å². The van der Waals surface area contributed by atoms with Gasteiger partial charge in [-0.15, -0.1) is 11.8 Å². The van der Waals surface area contributed by atoms with Crippen LogP contribution in [0.5, 0.6) is 0 Å². The molecule has 0 bridgehead atoms. The van der Waals surface area contributed by atoms with Crippen LogP contribution >= 0.6 is 11.8 Å². The number of amides is 5. The average Bonchev–Trinajstić information content (AvgIpc) is 3.93. The van der Waals surface area contributed by atoms with E-state index in [1.165, 1.54) is 34.9 Å². The van der Waals surface area contributed by atoms with Gasteiger partial charge in [-0.3, -0.25) is 24.1 Å². The van der Waals surface area contributed by atoms with E-state index in [4.69, 9.17) is 4.74 Å². The zero-order valence-corrected chi connectivity index (χ0v) is 37.5. The number of benzene rings is 2. The number of aliphatic hydroxyl groups is 1. The number of nitrogens with one attached hydrogen (secondary N) is 1. The molecule has 0 spiro atoms. The molecule has 1 fully saturated rings. The Labute approximate surface area is 368 Å². The topological polar surface area (TPSA) is 141 Å². The van der Waals surface area contributed by atoms with Gasteiger partial charge in [-0.05, 0) is 81.2 Å². The number of rotatable bonds is 19. The minimum Gasteiger partial charge on any atom is -0.444 e. The number of likely N-dealkylation sites (tertiary alicyclic amines) is 1. The highest BCUT2D eigenvalue weighted by atomic mass is 32.2. The lowest BCUT2D eigenvalue weighted by atomic mass is 9.82. The van der Waals surface area contributed by atoms with Gasteiger partial charge in [0.1, 0.15) is 17.2 Å². The number of thioether (sulfide) groups is 1. The second-order valence-corrected chi connectivity index (χ2v) is 19.3. The van der Waals surface area contributed by atoms with Crippen LogP contribution in [-0.4, -0.2) is 110 Å². The fourth-order valence-electron chi connectivity index (χ4n) is 7.91. The summed E-state index contributed by atoms with van der Waals surface area (Å²) in [4.78, 5) is 68.9. The standard InChI is InChI=1S/C47H61F2N5O7S/c1-46(2,3)44(39-23-34(37-24-35(48)16-17-38(37)49)28-52(39)25-32-13-9-7-10-14-32)54(27-33-20-22-51(26-33)45(60)61-47(4,5)6)43(59)31-62-30-36(29-55)50-40(56)15-11-8-12-21-53-41(57)18-19-42(53)58/h7,9-10,13-14,16-19,23-24,28,33,36,44,55H,8,11-12,15,20-22,25-27,29-31H2,1-6H3,(H,50,56)/t33?,36-,44+/m1/s1. The number of unbranched alkanes of at least 4 members (excludes halogenated alkanes) is 2. The second-order valence-electron chi connectivity index (χ2n) is 18.2. The second kappa shape index (κ2) is 21.4. The summed E-state index contributed by atoms with van der Waals surface area (Å²) in [6.07, 6.45) is 6.46. The van der Waals surface area contributed by atoms with Crippen LogP contribution in [0.3, 0.4) is 0 Å². The fourth-order valence-corrected chi connectivity index (χ4v) is 8.84. The minimum absolute atomic E-state index is 0.0228. The van der Waals surface area contributed by atoms with Gasteiger partial charge in [0.2, 0.25) is 11.8 Å². The maximum absolute atomic E-state index is 15.3. The maximum atomic E-state index is 15.3. The van der Waals surface area contributed by atoms with Crippen molar-refractivity contribution in [1.82, 2.24) is 24.6 Å². The molecule has 5 rings (SSSR count). The summed E-state index contributed by atoms with van der Waals surface area (Å²) in [5.41, 5.74) is 1.04. The molecule has 12 nitrogen and oxygen atoms in total. The molecule has 2 aromatic carbocycles. The van der Waals surface area contributed by atoms with Gasteiger partial charge >= 0.3 is 6.09 Å². The van der Waals surface area contributed by atoms with Gasteiger partial charge in [-0.25, -0.2) is 13.6 Å². The van der Waals surface area contributed by atoms with Gasteiger partial charge in [0.15, 0.2) is 0 Å². The van der Waals surface area contributed by atoms with Gasteiger partial charge in [-0.2, -0.15) is 0 Å². The molecule has 5 amide bonds. The molecule has 3 atom stereocenters. The largest absolute Gasteiger partial charge is 0.444 e. The molecule has 1 unspecified atom stereocenters. The third-order valence-electron chi connectivity index (χ3n) is 10.8. The Morgan fingerprint density at radius 1 is 0.968 bits per heavy atom. The summed E-state index contributed by atoms with van der Waals surface area (Å²) in [5.74, 6) is -2.06. The summed E-state index contributed by atoms with van der Waals surface area (Å²) in [6.45, 7) is 13.1. The van der Waals surface area contributed by atoms with Crippen molar-refractivity contribution in [2.75, 3.05) is 44.3 Å². The quantitative estimate of drug-likeness (QED) is 0.0942. The van der Waals surface area contributed by atoms with E-state index in [0.717, 1.165) is 23.4 Å². The molecular weight excluding hydrogens is 817 g/mol. The molecule has 336 valence electrons. The van der Waals surface area contributed by atoms with Crippen LogP contribution in [0.25, 0.3) is 11.1 Å². The van der Waals surface area contributed by atoms with Crippen molar-refractivity contribution in [3.63, 3.8) is 0 Å². The number of hydrogen-bond acceptors (Lipinski definition) is 8. The number of carbonyl (C=O) groups excluding carboxylic acids is 5. The maximum Gasteiger partial charge on any atom is 0.410 e. The number of nitrogens with zero attached hydrogens (tertiary/aromatic N) is 4. The number of imide groups is 1. The van der Waals surface area contributed by atoms with Crippen molar-refractivity contribution in [3.8, 4) is 11.1 Å².